The Kier molecular flexibility index (Phi) is 4.03. The van der Waals surface area contributed by atoms with Crippen LogP contribution in [0, 0.1) is 10.1 Å². The van der Waals surface area contributed by atoms with E-state index in [-0.39, 0.29) is 11.3 Å². The van der Waals surface area contributed by atoms with E-state index in [1.54, 1.807) is 48.6 Å². The highest BCUT2D eigenvalue weighted by Gasteiger charge is 2.12. The number of hydrogen-bond acceptors (Lipinski definition) is 5. The number of carboxylic acid groups (broad SMARTS) is 1. The number of carbonyl (C=O) groups is 1. The maximum Gasteiger partial charge on any atom is 0.295 e. The van der Waals surface area contributed by atoms with Gasteiger partial charge < -0.3 is 9.90 Å². The SMILES string of the molecule is O=C([O-])c1ccc(/C=C/c2ccc3cccc([N+](=O)[O-])c3n2)cc1. The minimum absolute atomic E-state index is 0.0407. The number of non-ortho nitro benzene ring substituents is 1. The molecule has 0 aliphatic heterocycles. The van der Waals surface area contributed by atoms with E-state index in [4.69, 9.17) is 0 Å². The lowest BCUT2D eigenvalue weighted by atomic mass is 10.1. The quantitative estimate of drug-likeness (QED) is 0.544. The Hall–Kier alpha value is -3.54. The summed E-state index contributed by atoms with van der Waals surface area (Å²) in [7, 11) is 0. The fourth-order valence-corrected chi connectivity index (χ4v) is 2.30. The molecule has 0 N–H and O–H groups in total. The fourth-order valence-electron chi connectivity index (χ4n) is 2.30. The Labute approximate surface area is 136 Å². The van der Waals surface area contributed by atoms with Gasteiger partial charge in [-0.1, -0.05) is 48.5 Å². The molecule has 6 heteroatoms. The number of carbonyl (C=O) groups excluding carboxylic acids is 1. The van der Waals surface area contributed by atoms with Crippen molar-refractivity contribution in [1.82, 2.24) is 4.98 Å². The first kappa shape index (κ1) is 15.4. The van der Waals surface area contributed by atoms with Gasteiger partial charge in [-0.25, -0.2) is 4.98 Å². The van der Waals surface area contributed by atoms with Crippen molar-refractivity contribution in [3.63, 3.8) is 0 Å². The normalized spacial score (nSPS) is 11.0. The molecule has 0 aliphatic rings. The summed E-state index contributed by atoms with van der Waals surface area (Å²) in [6.07, 6.45) is 3.46. The van der Waals surface area contributed by atoms with Gasteiger partial charge in [-0.2, -0.15) is 0 Å². The second kappa shape index (κ2) is 6.29. The molecule has 0 radical (unpaired) electrons. The summed E-state index contributed by atoms with van der Waals surface area (Å²) in [6.45, 7) is 0. The molecule has 0 unspecified atom stereocenters. The third kappa shape index (κ3) is 3.12. The maximum absolute atomic E-state index is 11.1. The highest BCUT2D eigenvalue weighted by Crippen LogP contribution is 2.24. The number of nitrogens with zero attached hydrogens (tertiary/aromatic N) is 2. The van der Waals surface area contributed by atoms with Crippen molar-refractivity contribution in [3.05, 3.63) is 81.5 Å². The predicted molar refractivity (Wildman–Crippen MR) is 88.1 cm³/mol. The third-order valence-electron chi connectivity index (χ3n) is 3.51. The highest BCUT2D eigenvalue weighted by atomic mass is 16.6. The number of pyridine rings is 1. The molecule has 0 atom stereocenters. The number of carboxylic acids is 1. The van der Waals surface area contributed by atoms with Gasteiger partial charge >= 0.3 is 0 Å². The number of nitro groups is 1. The zero-order chi connectivity index (χ0) is 17.1. The number of nitro benzene ring substituents is 1. The molecular formula is C18H11N2O4-. The number of benzene rings is 2. The lowest BCUT2D eigenvalue weighted by Gasteiger charge is -2.02. The summed E-state index contributed by atoms with van der Waals surface area (Å²) in [5, 5.41) is 22.5. The Bertz CT molecular complexity index is 962. The molecule has 0 saturated carbocycles. The molecule has 2 aromatic carbocycles. The summed E-state index contributed by atoms with van der Waals surface area (Å²) in [5.74, 6) is -1.23. The summed E-state index contributed by atoms with van der Waals surface area (Å²) in [4.78, 5) is 25.7. The smallest absolute Gasteiger partial charge is 0.295 e. The molecule has 6 nitrogen and oxygen atoms in total. The first-order valence-electron chi connectivity index (χ1n) is 7.08. The molecule has 1 aromatic heterocycles. The van der Waals surface area contributed by atoms with Crippen molar-refractivity contribution in [1.29, 1.82) is 0 Å². The van der Waals surface area contributed by atoms with Gasteiger partial charge in [0.15, 0.2) is 0 Å². The van der Waals surface area contributed by atoms with Crippen LogP contribution < -0.4 is 5.11 Å². The molecule has 1 heterocycles. The van der Waals surface area contributed by atoms with Gasteiger partial charge in [-0.15, -0.1) is 0 Å². The van der Waals surface area contributed by atoms with Crippen LogP contribution >= 0.6 is 0 Å². The van der Waals surface area contributed by atoms with Gasteiger partial charge in [-0.3, -0.25) is 10.1 Å². The minimum Gasteiger partial charge on any atom is -0.545 e. The van der Waals surface area contributed by atoms with E-state index in [2.05, 4.69) is 4.98 Å². The van der Waals surface area contributed by atoms with E-state index in [1.807, 2.05) is 0 Å². The average molecular weight is 319 g/mol. The van der Waals surface area contributed by atoms with Crippen molar-refractivity contribution >= 4 is 34.7 Å². The molecule has 0 bridgehead atoms. The zero-order valence-corrected chi connectivity index (χ0v) is 12.4. The van der Waals surface area contributed by atoms with Crippen LogP contribution in [-0.4, -0.2) is 15.9 Å². The number of para-hydroxylation sites is 1. The molecule has 0 amide bonds. The van der Waals surface area contributed by atoms with Gasteiger partial charge in [0, 0.05) is 11.5 Å². The van der Waals surface area contributed by atoms with Crippen LogP contribution in [0.5, 0.6) is 0 Å². The van der Waals surface area contributed by atoms with Crippen molar-refractivity contribution in [2.45, 2.75) is 0 Å². The number of rotatable bonds is 4. The van der Waals surface area contributed by atoms with Gasteiger partial charge in [0.25, 0.3) is 5.69 Å². The van der Waals surface area contributed by atoms with Crippen molar-refractivity contribution < 1.29 is 14.8 Å². The van der Waals surface area contributed by atoms with Crippen LogP contribution in [0.2, 0.25) is 0 Å². The van der Waals surface area contributed by atoms with E-state index in [0.717, 1.165) is 5.56 Å². The van der Waals surface area contributed by atoms with Crippen LogP contribution in [0.4, 0.5) is 5.69 Å². The number of aromatic nitrogens is 1. The molecule has 118 valence electrons. The maximum atomic E-state index is 11.1. The standard InChI is InChI=1S/C18H12N2O4/c21-18(22)14-7-4-12(5-8-14)6-10-15-11-9-13-2-1-3-16(20(23)24)17(13)19-15/h1-11H,(H,21,22)/p-1/b10-6+. The number of fused-ring (bicyclic) bond motifs is 1. The Morgan fingerprint density at radius 2 is 1.75 bits per heavy atom. The summed E-state index contributed by atoms with van der Waals surface area (Å²) in [6, 6.07) is 14.5. The van der Waals surface area contributed by atoms with E-state index in [0.29, 0.717) is 16.6 Å². The average Bonchev–Trinajstić information content (AvgIpc) is 2.59. The molecule has 0 spiro atoms. The van der Waals surface area contributed by atoms with Crippen LogP contribution in [0.15, 0.2) is 54.6 Å². The van der Waals surface area contributed by atoms with Gasteiger partial charge in [0.2, 0.25) is 0 Å². The van der Waals surface area contributed by atoms with E-state index in [1.165, 1.54) is 18.2 Å². The molecule has 0 aliphatic carbocycles. The molecule has 24 heavy (non-hydrogen) atoms. The topological polar surface area (TPSA) is 96.2 Å². The summed E-state index contributed by atoms with van der Waals surface area (Å²) < 4.78 is 0. The van der Waals surface area contributed by atoms with Crippen molar-refractivity contribution in [3.8, 4) is 0 Å². The first-order valence-corrected chi connectivity index (χ1v) is 7.08. The fraction of sp³-hybridized carbons (Fsp3) is 0. The van der Waals surface area contributed by atoms with Gasteiger partial charge in [0.05, 0.1) is 16.6 Å². The minimum atomic E-state index is -1.23. The first-order chi connectivity index (χ1) is 11.5. The van der Waals surface area contributed by atoms with Gasteiger partial charge in [-0.05, 0) is 23.3 Å². The van der Waals surface area contributed by atoms with Crippen LogP contribution in [-0.2, 0) is 0 Å². The largest absolute Gasteiger partial charge is 0.545 e. The lowest BCUT2D eigenvalue weighted by molar-refractivity contribution is -0.383. The molecule has 3 rings (SSSR count). The van der Waals surface area contributed by atoms with E-state index < -0.39 is 10.9 Å². The number of hydrogen-bond donors (Lipinski definition) is 0. The monoisotopic (exact) mass is 319 g/mol. The molecule has 3 aromatic rings. The third-order valence-corrected chi connectivity index (χ3v) is 3.51. The molecule has 0 fully saturated rings. The molecule has 0 saturated heterocycles. The predicted octanol–water partition coefficient (Wildman–Crippen LogP) is 2.68. The number of aromatic carboxylic acids is 1. The Balaban J connectivity index is 1.93. The van der Waals surface area contributed by atoms with E-state index >= 15 is 0 Å². The van der Waals surface area contributed by atoms with Crippen LogP contribution in [0.3, 0.4) is 0 Å². The van der Waals surface area contributed by atoms with Gasteiger partial charge in [0.1, 0.15) is 5.52 Å². The van der Waals surface area contributed by atoms with E-state index in [9.17, 15) is 20.0 Å². The second-order valence-corrected chi connectivity index (χ2v) is 5.08. The Morgan fingerprint density at radius 3 is 2.42 bits per heavy atom. The van der Waals surface area contributed by atoms with Crippen LogP contribution in [0.25, 0.3) is 23.1 Å². The summed E-state index contributed by atoms with van der Waals surface area (Å²) in [5.41, 5.74) is 1.75. The van der Waals surface area contributed by atoms with Crippen molar-refractivity contribution in [2.24, 2.45) is 0 Å². The zero-order valence-electron chi connectivity index (χ0n) is 12.4. The lowest BCUT2D eigenvalue weighted by Crippen LogP contribution is -2.21. The Morgan fingerprint density at radius 1 is 1.00 bits per heavy atom. The highest BCUT2D eigenvalue weighted by molar-refractivity contribution is 5.88. The molecular weight excluding hydrogens is 308 g/mol. The summed E-state index contributed by atoms with van der Waals surface area (Å²) >= 11 is 0. The van der Waals surface area contributed by atoms with Crippen LogP contribution in [0.1, 0.15) is 21.6 Å². The second-order valence-electron chi connectivity index (χ2n) is 5.08. The van der Waals surface area contributed by atoms with Crippen molar-refractivity contribution in [2.75, 3.05) is 0 Å².